The van der Waals surface area contributed by atoms with Gasteiger partial charge in [0.1, 0.15) is 0 Å². The predicted octanol–water partition coefficient (Wildman–Crippen LogP) is 1.61. The zero-order valence-electron chi connectivity index (χ0n) is 11.0. The lowest BCUT2D eigenvalue weighted by Gasteiger charge is -2.34. The number of likely N-dealkylation sites (tertiary alicyclic amines) is 1. The number of nitrogens with one attached hydrogen (secondary N) is 1. The SMILES string of the molecule is OCCCCCN1CCC(C2CCCN2)CC1. The van der Waals surface area contributed by atoms with E-state index in [9.17, 15) is 0 Å². The number of unbranched alkanes of at least 4 members (excludes halogenated alkanes) is 2. The number of aliphatic hydroxyl groups is 1. The highest BCUT2D eigenvalue weighted by Gasteiger charge is 2.27. The van der Waals surface area contributed by atoms with Crippen molar-refractivity contribution in [3.8, 4) is 0 Å². The van der Waals surface area contributed by atoms with E-state index in [0.29, 0.717) is 6.61 Å². The first kappa shape index (κ1) is 13.3. The minimum atomic E-state index is 0.357. The average molecular weight is 240 g/mol. The molecular weight excluding hydrogens is 212 g/mol. The van der Waals surface area contributed by atoms with Gasteiger partial charge in [-0.25, -0.2) is 0 Å². The summed E-state index contributed by atoms with van der Waals surface area (Å²) in [4.78, 5) is 2.61. The third kappa shape index (κ3) is 4.23. The van der Waals surface area contributed by atoms with E-state index in [1.807, 2.05) is 0 Å². The van der Waals surface area contributed by atoms with Crippen LogP contribution in [0.25, 0.3) is 0 Å². The quantitative estimate of drug-likeness (QED) is 0.693. The van der Waals surface area contributed by atoms with Crippen molar-refractivity contribution >= 4 is 0 Å². The minimum absolute atomic E-state index is 0.357. The molecule has 1 unspecified atom stereocenters. The van der Waals surface area contributed by atoms with Crippen molar-refractivity contribution in [2.24, 2.45) is 5.92 Å². The van der Waals surface area contributed by atoms with Crippen LogP contribution in [0, 0.1) is 5.92 Å². The Balaban J connectivity index is 1.57. The van der Waals surface area contributed by atoms with Crippen molar-refractivity contribution in [2.75, 3.05) is 32.8 Å². The van der Waals surface area contributed by atoms with Gasteiger partial charge in [0.25, 0.3) is 0 Å². The lowest BCUT2D eigenvalue weighted by molar-refractivity contribution is 0.160. The largest absolute Gasteiger partial charge is 0.396 e. The fraction of sp³-hybridized carbons (Fsp3) is 1.00. The van der Waals surface area contributed by atoms with Gasteiger partial charge in [0, 0.05) is 12.6 Å². The number of rotatable bonds is 6. The van der Waals surface area contributed by atoms with Crippen molar-refractivity contribution in [1.29, 1.82) is 0 Å². The second-order valence-electron chi connectivity index (χ2n) is 5.67. The molecule has 2 fully saturated rings. The molecule has 0 spiro atoms. The molecule has 100 valence electrons. The fourth-order valence-electron chi connectivity index (χ4n) is 3.32. The Morgan fingerprint density at radius 3 is 2.53 bits per heavy atom. The summed E-state index contributed by atoms with van der Waals surface area (Å²) < 4.78 is 0. The van der Waals surface area contributed by atoms with E-state index in [-0.39, 0.29) is 0 Å². The molecule has 2 rings (SSSR count). The molecule has 0 saturated carbocycles. The van der Waals surface area contributed by atoms with E-state index in [1.54, 1.807) is 0 Å². The van der Waals surface area contributed by atoms with Crippen LogP contribution in [0.3, 0.4) is 0 Å². The van der Waals surface area contributed by atoms with Crippen LogP contribution in [0.15, 0.2) is 0 Å². The van der Waals surface area contributed by atoms with Crippen molar-refractivity contribution in [3.05, 3.63) is 0 Å². The standard InChI is InChI=1S/C14H28N2O/c17-12-3-1-2-9-16-10-6-13(7-11-16)14-5-4-8-15-14/h13-15,17H,1-12H2. The topological polar surface area (TPSA) is 35.5 Å². The maximum atomic E-state index is 8.74. The monoisotopic (exact) mass is 240 g/mol. The summed E-state index contributed by atoms with van der Waals surface area (Å²) in [6.07, 6.45) is 8.97. The van der Waals surface area contributed by atoms with Gasteiger partial charge in [-0.3, -0.25) is 0 Å². The number of hydrogen-bond donors (Lipinski definition) is 2. The normalized spacial score (nSPS) is 27.7. The second kappa shape index (κ2) is 7.34. The highest BCUT2D eigenvalue weighted by molar-refractivity contribution is 4.85. The van der Waals surface area contributed by atoms with Crippen LogP contribution in [-0.4, -0.2) is 48.8 Å². The van der Waals surface area contributed by atoms with Crippen LogP contribution in [0.1, 0.15) is 44.9 Å². The Morgan fingerprint density at radius 2 is 1.88 bits per heavy atom. The van der Waals surface area contributed by atoms with E-state index in [4.69, 9.17) is 5.11 Å². The van der Waals surface area contributed by atoms with Crippen LogP contribution in [0.4, 0.5) is 0 Å². The molecule has 17 heavy (non-hydrogen) atoms. The van der Waals surface area contributed by atoms with Crippen LogP contribution >= 0.6 is 0 Å². The van der Waals surface area contributed by atoms with Gasteiger partial charge < -0.3 is 15.3 Å². The van der Waals surface area contributed by atoms with E-state index >= 15 is 0 Å². The van der Waals surface area contributed by atoms with Crippen LogP contribution in [0.5, 0.6) is 0 Å². The molecule has 0 radical (unpaired) electrons. The summed E-state index contributed by atoms with van der Waals surface area (Å²) in [5.74, 6) is 0.936. The number of aliphatic hydroxyl groups excluding tert-OH is 1. The smallest absolute Gasteiger partial charge is 0.0431 e. The minimum Gasteiger partial charge on any atom is -0.396 e. The maximum Gasteiger partial charge on any atom is 0.0431 e. The Hall–Kier alpha value is -0.120. The summed E-state index contributed by atoms with van der Waals surface area (Å²) in [7, 11) is 0. The van der Waals surface area contributed by atoms with Crippen molar-refractivity contribution in [2.45, 2.75) is 51.0 Å². The molecule has 2 N–H and O–H groups in total. The molecule has 0 amide bonds. The molecule has 2 heterocycles. The number of hydrogen-bond acceptors (Lipinski definition) is 3. The first-order valence-electron chi connectivity index (χ1n) is 7.47. The second-order valence-corrected chi connectivity index (χ2v) is 5.67. The molecule has 3 heteroatoms. The maximum absolute atomic E-state index is 8.74. The number of nitrogens with zero attached hydrogens (tertiary/aromatic N) is 1. The van der Waals surface area contributed by atoms with Gasteiger partial charge in [0.2, 0.25) is 0 Å². The van der Waals surface area contributed by atoms with E-state index in [0.717, 1.165) is 18.4 Å². The molecule has 0 aliphatic carbocycles. The lowest BCUT2D eigenvalue weighted by Crippen LogP contribution is -2.41. The molecule has 2 saturated heterocycles. The Bertz CT molecular complexity index is 196. The molecule has 2 aliphatic heterocycles. The zero-order chi connectivity index (χ0) is 11.9. The third-order valence-corrected chi connectivity index (χ3v) is 4.43. The van der Waals surface area contributed by atoms with Gasteiger partial charge >= 0.3 is 0 Å². The summed E-state index contributed by atoms with van der Waals surface area (Å²) in [6, 6.07) is 0.825. The van der Waals surface area contributed by atoms with Gasteiger partial charge in [-0.05, 0) is 77.0 Å². The molecule has 2 aliphatic rings. The fourth-order valence-corrected chi connectivity index (χ4v) is 3.32. The summed E-state index contributed by atoms with van der Waals surface area (Å²) in [5.41, 5.74) is 0. The summed E-state index contributed by atoms with van der Waals surface area (Å²) >= 11 is 0. The molecule has 0 bridgehead atoms. The van der Waals surface area contributed by atoms with Crippen LogP contribution in [0.2, 0.25) is 0 Å². The van der Waals surface area contributed by atoms with Crippen molar-refractivity contribution in [1.82, 2.24) is 10.2 Å². The Morgan fingerprint density at radius 1 is 1.06 bits per heavy atom. The summed E-state index contributed by atoms with van der Waals surface area (Å²) in [6.45, 7) is 5.43. The van der Waals surface area contributed by atoms with E-state index in [2.05, 4.69) is 10.2 Å². The van der Waals surface area contributed by atoms with Gasteiger partial charge in [0.15, 0.2) is 0 Å². The van der Waals surface area contributed by atoms with Crippen LogP contribution in [-0.2, 0) is 0 Å². The average Bonchev–Trinajstić information content (AvgIpc) is 2.89. The molecule has 0 aromatic rings. The van der Waals surface area contributed by atoms with Gasteiger partial charge in [-0.2, -0.15) is 0 Å². The van der Waals surface area contributed by atoms with Crippen LogP contribution < -0.4 is 5.32 Å². The molecule has 3 nitrogen and oxygen atoms in total. The zero-order valence-corrected chi connectivity index (χ0v) is 11.0. The highest BCUT2D eigenvalue weighted by atomic mass is 16.2. The van der Waals surface area contributed by atoms with Gasteiger partial charge in [0.05, 0.1) is 0 Å². The predicted molar refractivity (Wildman–Crippen MR) is 71.1 cm³/mol. The van der Waals surface area contributed by atoms with Crippen molar-refractivity contribution < 1.29 is 5.11 Å². The Kier molecular flexibility index (Phi) is 5.75. The summed E-state index contributed by atoms with van der Waals surface area (Å²) in [5, 5.41) is 12.4. The lowest BCUT2D eigenvalue weighted by atomic mass is 9.88. The van der Waals surface area contributed by atoms with Gasteiger partial charge in [-0.1, -0.05) is 0 Å². The van der Waals surface area contributed by atoms with E-state index in [1.165, 1.54) is 64.7 Å². The molecule has 1 atom stereocenters. The van der Waals surface area contributed by atoms with E-state index < -0.39 is 0 Å². The third-order valence-electron chi connectivity index (χ3n) is 4.43. The molecular formula is C14H28N2O. The number of piperidine rings is 1. The first-order valence-corrected chi connectivity index (χ1v) is 7.47. The first-order chi connectivity index (χ1) is 8.40. The Labute approximate surface area is 106 Å². The highest BCUT2D eigenvalue weighted by Crippen LogP contribution is 2.25. The molecule has 0 aromatic heterocycles. The van der Waals surface area contributed by atoms with Crippen molar-refractivity contribution in [3.63, 3.8) is 0 Å². The van der Waals surface area contributed by atoms with Gasteiger partial charge in [-0.15, -0.1) is 0 Å². The molecule has 0 aromatic carbocycles.